The quantitative estimate of drug-likeness (QED) is 0.278. The molecule has 0 saturated heterocycles. The number of carbonyl (C=O) groups excluding carboxylic acids is 2. The van der Waals surface area contributed by atoms with E-state index < -0.39 is 25.7 Å². The Morgan fingerprint density at radius 3 is 2.70 bits per heavy atom. The minimum absolute atomic E-state index is 0.00361. The number of aromatic nitrogens is 4. The van der Waals surface area contributed by atoms with Crippen molar-refractivity contribution in [1.82, 2.24) is 24.6 Å². The largest absolute Gasteiger partial charge is 0.363 e. The van der Waals surface area contributed by atoms with Gasteiger partial charge in [0.05, 0.1) is 17.3 Å². The Labute approximate surface area is 220 Å². The molecule has 0 fully saturated rings. The van der Waals surface area contributed by atoms with Crippen molar-refractivity contribution < 1.29 is 18.7 Å². The molecule has 0 bridgehead atoms. The van der Waals surface area contributed by atoms with Crippen LogP contribution < -0.4 is 11.1 Å². The molecular weight excluding hydrogens is 517 g/mol. The van der Waals surface area contributed by atoms with E-state index in [0.29, 0.717) is 24.4 Å². The lowest BCUT2D eigenvalue weighted by Crippen LogP contribution is -2.36. The van der Waals surface area contributed by atoms with Crippen LogP contribution in [0.1, 0.15) is 33.6 Å². The van der Waals surface area contributed by atoms with E-state index in [1.807, 2.05) is 0 Å². The van der Waals surface area contributed by atoms with Crippen LogP contribution in [0.3, 0.4) is 0 Å². The van der Waals surface area contributed by atoms with E-state index in [1.54, 1.807) is 29.9 Å². The summed E-state index contributed by atoms with van der Waals surface area (Å²) < 4.78 is 22.8. The minimum Gasteiger partial charge on any atom is -0.363 e. The van der Waals surface area contributed by atoms with E-state index in [1.165, 1.54) is 22.9 Å². The monoisotopic (exact) mass is 545 g/mol. The Morgan fingerprint density at radius 1 is 1.35 bits per heavy atom. The van der Waals surface area contributed by atoms with Crippen molar-refractivity contribution in [2.45, 2.75) is 51.9 Å². The van der Waals surface area contributed by atoms with Crippen LogP contribution in [0.2, 0.25) is 30.7 Å². The summed E-state index contributed by atoms with van der Waals surface area (Å²) in [6.45, 7) is 9.40. The lowest BCUT2D eigenvalue weighted by Gasteiger charge is -2.15. The highest BCUT2D eigenvalue weighted by atomic mass is 35.5. The zero-order chi connectivity index (χ0) is 27.3. The lowest BCUT2D eigenvalue weighted by atomic mass is 10.1. The summed E-state index contributed by atoms with van der Waals surface area (Å²) in [5.41, 5.74) is 6.13. The Bertz CT molecular complexity index is 1320. The fourth-order valence-electron chi connectivity index (χ4n) is 3.43. The zero-order valence-electron chi connectivity index (χ0n) is 21.1. The Morgan fingerprint density at radius 2 is 2.08 bits per heavy atom. The number of nitriles is 1. The first-order chi connectivity index (χ1) is 17.4. The number of nitrogens with one attached hydrogen (secondary N) is 1. The second kappa shape index (κ2) is 11.7. The molecule has 0 radical (unpaired) electrons. The molecule has 196 valence electrons. The standard InChI is InChI=1S/C24H29ClFN7O3Si/c1-15(12-33-6-5-20(31-33)16-9-18(25)17(11-27)19(26)10-16)29-24(35)21-13-32(23(30-21)22(28)34)14-36-7-8-37(2,3)4/h5-6,9-10,13,15H,7-8,12,14H2,1-4H3,(H2,28,34)(H,29,35)/t15-/m0/s1. The number of imidazole rings is 1. The molecule has 2 aromatic heterocycles. The van der Waals surface area contributed by atoms with Gasteiger partial charge < -0.3 is 20.4 Å². The normalized spacial score (nSPS) is 12.2. The van der Waals surface area contributed by atoms with Gasteiger partial charge in [0.2, 0.25) is 5.82 Å². The van der Waals surface area contributed by atoms with Gasteiger partial charge in [-0.2, -0.15) is 10.4 Å². The Hall–Kier alpha value is -3.53. The third kappa shape index (κ3) is 7.48. The molecule has 0 aliphatic carbocycles. The molecule has 0 aliphatic rings. The molecular formula is C24H29ClFN7O3Si. The van der Waals surface area contributed by atoms with Crippen LogP contribution in [0.5, 0.6) is 0 Å². The summed E-state index contributed by atoms with van der Waals surface area (Å²) in [7, 11) is -1.27. The first kappa shape index (κ1) is 28.0. The number of amides is 2. The maximum atomic E-state index is 14.1. The number of carbonyl (C=O) groups is 2. The molecule has 37 heavy (non-hydrogen) atoms. The highest BCUT2D eigenvalue weighted by Crippen LogP contribution is 2.26. The molecule has 0 spiro atoms. The fraction of sp³-hybridized carbons (Fsp3) is 0.375. The molecule has 3 N–H and O–H groups in total. The number of nitrogens with two attached hydrogens (primary N) is 1. The molecule has 13 heteroatoms. The van der Waals surface area contributed by atoms with Crippen LogP contribution in [0.25, 0.3) is 11.3 Å². The number of hydrogen-bond acceptors (Lipinski definition) is 6. The summed E-state index contributed by atoms with van der Waals surface area (Å²) in [4.78, 5) is 28.7. The first-order valence-electron chi connectivity index (χ1n) is 11.6. The van der Waals surface area contributed by atoms with E-state index in [2.05, 4.69) is 35.0 Å². The molecule has 0 saturated carbocycles. The van der Waals surface area contributed by atoms with E-state index >= 15 is 0 Å². The van der Waals surface area contributed by atoms with Crippen molar-refractivity contribution in [3.8, 4) is 17.3 Å². The number of rotatable bonds is 11. The predicted molar refractivity (Wildman–Crippen MR) is 139 cm³/mol. The fourth-order valence-corrected chi connectivity index (χ4v) is 4.44. The predicted octanol–water partition coefficient (Wildman–Crippen LogP) is 3.64. The van der Waals surface area contributed by atoms with Crippen molar-refractivity contribution in [3.05, 3.63) is 58.5 Å². The van der Waals surface area contributed by atoms with Gasteiger partial charge in [-0.3, -0.25) is 14.3 Å². The lowest BCUT2D eigenvalue weighted by molar-refractivity contribution is 0.0800. The van der Waals surface area contributed by atoms with Crippen molar-refractivity contribution in [1.29, 1.82) is 5.26 Å². The van der Waals surface area contributed by atoms with Gasteiger partial charge in [-0.1, -0.05) is 31.2 Å². The molecule has 0 aliphatic heterocycles. The van der Waals surface area contributed by atoms with Gasteiger partial charge in [-0.25, -0.2) is 9.37 Å². The maximum Gasteiger partial charge on any atom is 0.284 e. The Kier molecular flexibility index (Phi) is 8.85. The van der Waals surface area contributed by atoms with Crippen LogP contribution in [0, 0.1) is 17.1 Å². The molecule has 3 aromatic rings. The van der Waals surface area contributed by atoms with Crippen LogP contribution in [-0.2, 0) is 18.0 Å². The van der Waals surface area contributed by atoms with Gasteiger partial charge in [0.25, 0.3) is 11.8 Å². The van der Waals surface area contributed by atoms with Gasteiger partial charge in [0, 0.05) is 38.7 Å². The summed E-state index contributed by atoms with van der Waals surface area (Å²) in [5, 5.41) is 16.2. The highest BCUT2D eigenvalue weighted by molar-refractivity contribution is 6.76. The SMILES string of the molecule is C[C@@H](Cn1ccc(-c2cc(F)c(C#N)c(Cl)c2)n1)NC(=O)c1cn(COCC[Si](C)(C)C)c(C(N)=O)n1. The smallest absolute Gasteiger partial charge is 0.284 e. The third-order valence-electron chi connectivity index (χ3n) is 5.39. The summed E-state index contributed by atoms with van der Waals surface area (Å²) in [6, 6.07) is 6.67. The van der Waals surface area contributed by atoms with Gasteiger partial charge in [-0.05, 0) is 31.2 Å². The van der Waals surface area contributed by atoms with Crippen LogP contribution in [0.15, 0.2) is 30.6 Å². The number of primary amides is 1. The van der Waals surface area contributed by atoms with Crippen molar-refractivity contribution >= 4 is 31.5 Å². The molecule has 1 aromatic carbocycles. The minimum atomic E-state index is -1.27. The second-order valence-corrected chi connectivity index (χ2v) is 15.9. The molecule has 2 heterocycles. The number of ether oxygens (including phenoxy) is 1. The topological polar surface area (TPSA) is 141 Å². The molecule has 3 rings (SSSR count). The number of benzene rings is 1. The highest BCUT2D eigenvalue weighted by Gasteiger charge is 2.20. The van der Waals surface area contributed by atoms with Crippen molar-refractivity contribution in [2.24, 2.45) is 5.73 Å². The summed E-state index contributed by atoms with van der Waals surface area (Å²) >= 11 is 5.99. The molecule has 1 atom stereocenters. The molecule has 0 unspecified atom stereocenters. The van der Waals surface area contributed by atoms with Crippen molar-refractivity contribution in [2.75, 3.05) is 6.61 Å². The van der Waals surface area contributed by atoms with Gasteiger partial charge in [0.15, 0.2) is 0 Å². The Balaban J connectivity index is 1.63. The average Bonchev–Trinajstić information content (AvgIpc) is 3.43. The van der Waals surface area contributed by atoms with Crippen LogP contribution in [-0.4, -0.2) is 51.9 Å². The summed E-state index contributed by atoms with van der Waals surface area (Å²) in [5.74, 6) is -2.03. The maximum absolute atomic E-state index is 14.1. The molecule has 2 amide bonds. The van der Waals surface area contributed by atoms with E-state index in [9.17, 15) is 14.0 Å². The van der Waals surface area contributed by atoms with Gasteiger partial charge >= 0.3 is 0 Å². The average molecular weight is 546 g/mol. The van der Waals surface area contributed by atoms with E-state index in [0.717, 1.165) is 6.04 Å². The third-order valence-corrected chi connectivity index (χ3v) is 7.39. The van der Waals surface area contributed by atoms with Crippen molar-refractivity contribution in [3.63, 3.8) is 0 Å². The van der Waals surface area contributed by atoms with Gasteiger partial charge in [0.1, 0.15) is 29.9 Å². The first-order valence-corrected chi connectivity index (χ1v) is 15.6. The molecule has 10 nitrogen and oxygen atoms in total. The van der Waals surface area contributed by atoms with E-state index in [4.69, 9.17) is 27.3 Å². The number of halogens is 2. The van der Waals surface area contributed by atoms with Crippen LogP contribution in [0.4, 0.5) is 4.39 Å². The number of nitrogens with zero attached hydrogens (tertiary/aromatic N) is 5. The zero-order valence-corrected chi connectivity index (χ0v) is 22.8. The van der Waals surface area contributed by atoms with Gasteiger partial charge in [-0.15, -0.1) is 0 Å². The second-order valence-electron chi connectivity index (χ2n) is 9.86. The number of hydrogen-bond donors (Lipinski definition) is 2. The summed E-state index contributed by atoms with van der Waals surface area (Å²) in [6.07, 6.45) is 3.12. The van der Waals surface area contributed by atoms with Crippen LogP contribution >= 0.6 is 11.6 Å². The van der Waals surface area contributed by atoms with E-state index in [-0.39, 0.29) is 34.9 Å².